The van der Waals surface area contributed by atoms with Crippen molar-refractivity contribution in [3.63, 3.8) is 0 Å². The summed E-state index contributed by atoms with van der Waals surface area (Å²) in [6.45, 7) is 5.13. The minimum atomic E-state index is -0.121. The fraction of sp³-hybridized carbons (Fsp3) is 0.647. The van der Waals surface area contributed by atoms with E-state index in [0.29, 0.717) is 11.1 Å². The second kappa shape index (κ2) is 7.07. The first kappa shape index (κ1) is 15.3. The van der Waals surface area contributed by atoms with Gasteiger partial charge in [-0.3, -0.25) is 0 Å². The molecule has 20 heavy (non-hydrogen) atoms. The average Bonchev–Trinajstić information content (AvgIpc) is 2.46. The highest BCUT2D eigenvalue weighted by molar-refractivity contribution is 5.47. The van der Waals surface area contributed by atoms with Gasteiger partial charge in [-0.05, 0) is 31.5 Å². The third-order valence-corrected chi connectivity index (χ3v) is 4.50. The Bertz CT molecular complexity index is 413. The van der Waals surface area contributed by atoms with Crippen molar-refractivity contribution in [2.24, 2.45) is 5.41 Å². The van der Waals surface area contributed by atoms with Gasteiger partial charge in [-0.1, -0.05) is 38.3 Å². The van der Waals surface area contributed by atoms with Crippen LogP contribution in [-0.2, 0) is 0 Å². The van der Waals surface area contributed by atoms with E-state index < -0.39 is 0 Å². The van der Waals surface area contributed by atoms with Gasteiger partial charge < -0.3 is 10.2 Å². The second-order valence-electron chi connectivity index (χ2n) is 6.15. The summed E-state index contributed by atoms with van der Waals surface area (Å²) in [4.78, 5) is 2.10. The molecular formula is C17H27FN2. The largest absolute Gasteiger partial charge is 0.372 e. The van der Waals surface area contributed by atoms with Crippen LogP contribution in [0.4, 0.5) is 10.1 Å². The van der Waals surface area contributed by atoms with Crippen LogP contribution in [-0.4, -0.2) is 26.7 Å². The topological polar surface area (TPSA) is 15.3 Å². The van der Waals surface area contributed by atoms with E-state index >= 15 is 0 Å². The quantitative estimate of drug-likeness (QED) is 0.851. The summed E-state index contributed by atoms with van der Waals surface area (Å²) >= 11 is 0. The van der Waals surface area contributed by atoms with E-state index in [2.05, 4.69) is 17.1 Å². The molecule has 1 saturated carbocycles. The molecule has 0 amide bonds. The van der Waals surface area contributed by atoms with Crippen LogP contribution in [0.25, 0.3) is 0 Å². The van der Waals surface area contributed by atoms with E-state index in [9.17, 15) is 4.39 Å². The Hall–Kier alpha value is -1.09. The van der Waals surface area contributed by atoms with Crippen LogP contribution in [0.1, 0.15) is 39.0 Å². The molecule has 0 unspecified atom stereocenters. The first-order valence-electron chi connectivity index (χ1n) is 7.83. The highest BCUT2D eigenvalue weighted by Gasteiger charge is 2.33. The molecule has 0 bridgehead atoms. The first-order chi connectivity index (χ1) is 9.67. The van der Waals surface area contributed by atoms with Gasteiger partial charge in [0.1, 0.15) is 5.82 Å². The maximum absolute atomic E-state index is 13.9. The van der Waals surface area contributed by atoms with E-state index in [1.807, 2.05) is 19.2 Å². The van der Waals surface area contributed by atoms with E-state index in [0.717, 1.165) is 19.6 Å². The molecule has 1 aromatic carbocycles. The number of benzene rings is 1. The van der Waals surface area contributed by atoms with E-state index in [1.54, 1.807) is 12.1 Å². The predicted molar refractivity (Wildman–Crippen MR) is 83.7 cm³/mol. The molecule has 2 nitrogen and oxygen atoms in total. The Kier molecular flexibility index (Phi) is 5.41. The average molecular weight is 278 g/mol. The van der Waals surface area contributed by atoms with Gasteiger partial charge in [-0.2, -0.15) is 0 Å². The molecule has 1 aliphatic rings. The molecule has 0 atom stereocenters. The lowest BCUT2D eigenvalue weighted by Crippen LogP contribution is -2.44. The summed E-state index contributed by atoms with van der Waals surface area (Å²) < 4.78 is 13.9. The Morgan fingerprint density at radius 3 is 2.55 bits per heavy atom. The summed E-state index contributed by atoms with van der Waals surface area (Å²) in [6, 6.07) is 7.08. The van der Waals surface area contributed by atoms with Gasteiger partial charge in [0.25, 0.3) is 0 Å². The number of hydrogen-bond donors (Lipinski definition) is 1. The maximum Gasteiger partial charge on any atom is 0.146 e. The molecule has 0 heterocycles. The summed E-state index contributed by atoms with van der Waals surface area (Å²) in [5.41, 5.74) is 1.01. The van der Waals surface area contributed by atoms with Crippen LogP contribution in [0.3, 0.4) is 0 Å². The molecule has 3 heteroatoms. The summed E-state index contributed by atoms with van der Waals surface area (Å²) in [7, 11) is 2.01. The highest BCUT2D eigenvalue weighted by atomic mass is 19.1. The van der Waals surface area contributed by atoms with Crippen molar-refractivity contribution in [1.29, 1.82) is 0 Å². The third-order valence-electron chi connectivity index (χ3n) is 4.50. The molecule has 1 fully saturated rings. The van der Waals surface area contributed by atoms with Crippen molar-refractivity contribution < 1.29 is 4.39 Å². The predicted octanol–water partition coefficient (Wildman–Crippen LogP) is 3.82. The fourth-order valence-electron chi connectivity index (χ4n) is 3.43. The standard InChI is InChI=1S/C17H27FN2/c1-3-19-13-17(11-7-4-8-12-17)14-20(2)16-10-6-5-9-15(16)18/h5-6,9-10,19H,3-4,7-8,11-14H2,1-2H3. The Balaban J connectivity index is 2.08. The van der Waals surface area contributed by atoms with Crippen molar-refractivity contribution in [3.8, 4) is 0 Å². The van der Waals surface area contributed by atoms with Crippen molar-refractivity contribution in [3.05, 3.63) is 30.1 Å². The summed E-state index contributed by atoms with van der Waals surface area (Å²) in [5.74, 6) is -0.121. The van der Waals surface area contributed by atoms with E-state index in [4.69, 9.17) is 0 Å². The number of nitrogens with one attached hydrogen (secondary N) is 1. The number of para-hydroxylation sites is 1. The molecule has 1 aromatic rings. The second-order valence-corrected chi connectivity index (χ2v) is 6.15. The van der Waals surface area contributed by atoms with Crippen molar-refractivity contribution >= 4 is 5.69 Å². The number of anilines is 1. The van der Waals surface area contributed by atoms with Gasteiger partial charge in [-0.25, -0.2) is 4.39 Å². The lowest BCUT2D eigenvalue weighted by molar-refractivity contribution is 0.190. The third kappa shape index (κ3) is 3.72. The van der Waals surface area contributed by atoms with Crippen LogP contribution in [0.2, 0.25) is 0 Å². The maximum atomic E-state index is 13.9. The number of rotatable bonds is 6. The van der Waals surface area contributed by atoms with Crippen molar-refractivity contribution in [2.45, 2.75) is 39.0 Å². The van der Waals surface area contributed by atoms with Crippen molar-refractivity contribution in [2.75, 3.05) is 31.6 Å². The Labute approximate surface area is 122 Å². The molecule has 0 spiro atoms. The van der Waals surface area contributed by atoms with Gasteiger partial charge in [0, 0.05) is 25.6 Å². The van der Waals surface area contributed by atoms with Crippen molar-refractivity contribution in [1.82, 2.24) is 5.32 Å². The Morgan fingerprint density at radius 1 is 1.20 bits per heavy atom. The molecular weight excluding hydrogens is 251 g/mol. The molecule has 2 rings (SSSR count). The monoisotopic (exact) mass is 278 g/mol. The minimum Gasteiger partial charge on any atom is -0.372 e. The smallest absolute Gasteiger partial charge is 0.146 e. The minimum absolute atomic E-state index is 0.121. The highest BCUT2D eigenvalue weighted by Crippen LogP contribution is 2.37. The molecule has 0 radical (unpaired) electrons. The molecule has 0 saturated heterocycles. The Morgan fingerprint density at radius 2 is 1.90 bits per heavy atom. The zero-order valence-electron chi connectivity index (χ0n) is 12.8. The molecule has 1 N–H and O–H groups in total. The van der Waals surface area contributed by atoms with Crippen LogP contribution in [0.5, 0.6) is 0 Å². The van der Waals surface area contributed by atoms with Crippen LogP contribution in [0, 0.1) is 11.2 Å². The molecule has 1 aliphatic carbocycles. The zero-order chi connectivity index (χ0) is 14.4. The van der Waals surface area contributed by atoms with Gasteiger partial charge in [0.2, 0.25) is 0 Å². The fourth-order valence-corrected chi connectivity index (χ4v) is 3.43. The lowest BCUT2D eigenvalue weighted by atomic mass is 9.73. The van der Waals surface area contributed by atoms with Crippen LogP contribution in [0.15, 0.2) is 24.3 Å². The van der Waals surface area contributed by atoms with Gasteiger partial charge >= 0.3 is 0 Å². The van der Waals surface area contributed by atoms with Gasteiger partial charge in [-0.15, -0.1) is 0 Å². The van der Waals surface area contributed by atoms with Gasteiger partial charge in [0.15, 0.2) is 0 Å². The first-order valence-corrected chi connectivity index (χ1v) is 7.83. The molecule has 112 valence electrons. The van der Waals surface area contributed by atoms with E-state index in [-0.39, 0.29) is 5.82 Å². The number of nitrogens with zero attached hydrogens (tertiary/aromatic N) is 1. The molecule has 0 aromatic heterocycles. The SMILES string of the molecule is CCNCC1(CN(C)c2ccccc2F)CCCCC1. The van der Waals surface area contributed by atoms with Gasteiger partial charge in [0.05, 0.1) is 5.69 Å². The number of halogens is 1. The molecule has 0 aliphatic heterocycles. The lowest BCUT2D eigenvalue weighted by Gasteiger charge is -2.41. The summed E-state index contributed by atoms with van der Waals surface area (Å²) in [6.07, 6.45) is 6.45. The van der Waals surface area contributed by atoms with Crippen LogP contribution < -0.4 is 10.2 Å². The summed E-state index contributed by atoms with van der Waals surface area (Å²) in [5, 5.41) is 3.51. The normalized spacial score (nSPS) is 17.9. The zero-order valence-corrected chi connectivity index (χ0v) is 12.8. The number of hydrogen-bond acceptors (Lipinski definition) is 2. The van der Waals surface area contributed by atoms with Crippen LogP contribution >= 0.6 is 0 Å². The van der Waals surface area contributed by atoms with E-state index in [1.165, 1.54) is 32.1 Å².